The fraction of sp³-hybridized carbons (Fsp3) is 0.350. The highest BCUT2D eigenvalue weighted by Crippen LogP contribution is 2.15. The summed E-state index contributed by atoms with van der Waals surface area (Å²) in [6, 6.07) is 10.4. The molecule has 0 bridgehead atoms. The summed E-state index contributed by atoms with van der Waals surface area (Å²) < 4.78 is 3.93. The summed E-state index contributed by atoms with van der Waals surface area (Å²) in [6.45, 7) is 3.25. The van der Waals surface area contributed by atoms with Crippen LogP contribution in [0, 0.1) is 0 Å². The van der Waals surface area contributed by atoms with Crippen molar-refractivity contribution in [2.45, 2.75) is 32.0 Å². The van der Waals surface area contributed by atoms with Gasteiger partial charge in [0.15, 0.2) is 0 Å². The van der Waals surface area contributed by atoms with Crippen LogP contribution in [0.1, 0.15) is 40.5 Å². The van der Waals surface area contributed by atoms with Gasteiger partial charge in [0.25, 0.3) is 5.91 Å². The van der Waals surface area contributed by atoms with Crippen molar-refractivity contribution < 1.29 is 4.79 Å². The van der Waals surface area contributed by atoms with Crippen molar-refractivity contribution in [2.75, 3.05) is 13.1 Å². The van der Waals surface area contributed by atoms with Gasteiger partial charge >= 0.3 is 0 Å². The molecule has 0 saturated carbocycles. The molecule has 7 nitrogen and oxygen atoms in total. The van der Waals surface area contributed by atoms with Crippen molar-refractivity contribution in [3.05, 3.63) is 72.1 Å². The first-order valence-corrected chi connectivity index (χ1v) is 9.35. The minimum Gasteiger partial charge on any atom is -0.347 e. The molecule has 27 heavy (non-hydrogen) atoms. The van der Waals surface area contributed by atoms with E-state index in [1.54, 1.807) is 18.6 Å². The zero-order valence-corrected chi connectivity index (χ0v) is 15.2. The number of carbonyl (C=O) groups excluding carboxylic acids is 1. The Morgan fingerprint density at radius 2 is 2.04 bits per heavy atom. The molecule has 0 radical (unpaired) electrons. The molecule has 1 aromatic carbocycles. The van der Waals surface area contributed by atoms with Crippen LogP contribution in [-0.2, 0) is 13.1 Å². The molecular weight excluding hydrogens is 340 g/mol. The van der Waals surface area contributed by atoms with Crippen LogP contribution < -0.4 is 10.6 Å². The van der Waals surface area contributed by atoms with Crippen LogP contribution in [0.3, 0.4) is 0 Å². The van der Waals surface area contributed by atoms with Crippen molar-refractivity contribution >= 4 is 5.91 Å². The van der Waals surface area contributed by atoms with Gasteiger partial charge in [-0.25, -0.2) is 4.98 Å². The Labute approximate surface area is 158 Å². The maximum atomic E-state index is 12.4. The van der Waals surface area contributed by atoms with E-state index in [2.05, 4.69) is 32.8 Å². The maximum absolute atomic E-state index is 12.4. The van der Waals surface area contributed by atoms with Crippen molar-refractivity contribution in [1.29, 1.82) is 0 Å². The molecule has 1 saturated heterocycles. The minimum atomic E-state index is -0.139. The molecule has 140 valence electrons. The summed E-state index contributed by atoms with van der Waals surface area (Å²) in [7, 11) is 0. The number of rotatable bonds is 6. The highest BCUT2D eigenvalue weighted by Gasteiger charge is 2.17. The van der Waals surface area contributed by atoms with Crippen LogP contribution in [0.2, 0.25) is 0 Å². The van der Waals surface area contributed by atoms with Gasteiger partial charge in [-0.2, -0.15) is 5.10 Å². The van der Waals surface area contributed by atoms with Crippen molar-refractivity contribution in [2.24, 2.45) is 0 Å². The minimum absolute atomic E-state index is 0.139. The molecule has 3 aromatic rings. The molecule has 3 heterocycles. The number of aromatic nitrogens is 4. The molecule has 2 N–H and O–H groups in total. The molecule has 1 aliphatic heterocycles. The van der Waals surface area contributed by atoms with Gasteiger partial charge in [-0.3, -0.25) is 9.48 Å². The SMILES string of the molecule is O=C(NCc1ccc(Cn2ccnc2)cc1)c1ccn(C2CCCNC2)n1. The second-order valence-corrected chi connectivity index (χ2v) is 6.92. The third-order valence-corrected chi connectivity index (χ3v) is 4.89. The summed E-state index contributed by atoms with van der Waals surface area (Å²) in [4.78, 5) is 16.4. The van der Waals surface area contributed by atoms with E-state index in [-0.39, 0.29) is 5.91 Å². The number of piperidine rings is 1. The monoisotopic (exact) mass is 364 g/mol. The van der Waals surface area contributed by atoms with Gasteiger partial charge in [-0.1, -0.05) is 24.3 Å². The van der Waals surface area contributed by atoms with E-state index < -0.39 is 0 Å². The number of nitrogens with one attached hydrogen (secondary N) is 2. The predicted octanol–water partition coefficient (Wildman–Crippen LogP) is 1.98. The fourth-order valence-electron chi connectivity index (χ4n) is 3.35. The largest absolute Gasteiger partial charge is 0.347 e. The molecule has 1 fully saturated rings. The summed E-state index contributed by atoms with van der Waals surface area (Å²) in [5, 5.41) is 10.8. The summed E-state index contributed by atoms with van der Waals surface area (Å²) in [5.74, 6) is -0.139. The summed E-state index contributed by atoms with van der Waals surface area (Å²) >= 11 is 0. The van der Waals surface area contributed by atoms with E-state index in [9.17, 15) is 4.79 Å². The molecule has 7 heteroatoms. The smallest absolute Gasteiger partial charge is 0.272 e. The topological polar surface area (TPSA) is 76.8 Å². The van der Waals surface area contributed by atoms with Gasteiger partial charge in [-0.15, -0.1) is 0 Å². The Balaban J connectivity index is 1.30. The zero-order chi connectivity index (χ0) is 18.5. The number of nitrogens with zero attached hydrogens (tertiary/aromatic N) is 4. The van der Waals surface area contributed by atoms with Gasteiger partial charge in [0, 0.05) is 38.2 Å². The van der Waals surface area contributed by atoms with Crippen LogP contribution in [0.25, 0.3) is 0 Å². The number of amides is 1. The van der Waals surface area contributed by atoms with Crippen LogP contribution in [0.4, 0.5) is 0 Å². The van der Waals surface area contributed by atoms with Crippen LogP contribution in [-0.4, -0.2) is 38.3 Å². The highest BCUT2D eigenvalue weighted by molar-refractivity contribution is 5.92. The third-order valence-electron chi connectivity index (χ3n) is 4.89. The van der Waals surface area contributed by atoms with E-state index >= 15 is 0 Å². The Bertz CT molecular complexity index is 862. The van der Waals surface area contributed by atoms with E-state index in [4.69, 9.17) is 0 Å². The van der Waals surface area contributed by atoms with Crippen molar-refractivity contribution in [3.63, 3.8) is 0 Å². The quantitative estimate of drug-likeness (QED) is 0.701. The highest BCUT2D eigenvalue weighted by atomic mass is 16.1. The molecule has 2 aromatic heterocycles. The average molecular weight is 364 g/mol. The molecule has 0 spiro atoms. The molecular formula is C20H24N6O. The van der Waals surface area contributed by atoms with Crippen LogP contribution >= 0.6 is 0 Å². The maximum Gasteiger partial charge on any atom is 0.272 e. The first-order valence-electron chi connectivity index (χ1n) is 9.35. The normalized spacial score (nSPS) is 17.0. The Morgan fingerprint density at radius 3 is 2.78 bits per heavy atom. The molecule has 0 aliphatic carbocycles. The van der Waals surface area contributed by atoms with Crippen molar-refractivity contribution in [1.82, 2.24) is 30.0 Å². The molecule has 4 rings (SSSR count). The van der Waals surface area contributed by atoms with Crippen LogP contribution in [0.15, 0.2) is 55.2 Å². The lowest BCUT2D eigenvalue weighted by molar-refractivity contribution is 0.0944. The second-order valence-electron chi connectivity index (χ2n) is 6.92. The molecule has 1 amide bonds. The molecule has 1 aliphatic rings. The van der Waals surface area contributed by atoms with E-state index in [1.165, 1.54) is 5.56 Å². The van der Waals surface area contributed by atoms with E-state index in [1.807, 2.05) is 33.8 Å². The Kier molecular flexibility index (Phi) is 5.29. The molecule has 1 atom stereocenters. The van der Waals surface area contributed by atoms with Crippen LogP contribution in [0.5, 0.6) is 0 Å². The summed E-state index contributed by atoms with van der Waals surface area (Å²) in [6.07, 6.45) is 9.66. The summed E-state index contributed by atoms with van der Waals surface area (Å²) in [5.41, 5.74) is 2.73. The fourth-order valence-corrected chi connectivity index (χ4v) is 3.35. The standard InChI is InChI=1S/C20H24N6O/c27-20(19-7-10-26(24-19)18-2-1-8-21-13-18)23-12-16-3-5-17(6-4-16)14-25-11-9-22-15-25/h3-7,9-11,15,18,21H,1-2,8,12-14H2,(H,23,27). The molecule has 1 unspecified atom stereocenters. The lowest BCUT2D eigenvalue weighted by Gasteiger charge is -2.22. The Hall–Kier alpha value is -2.93. The Morgan fingerprint density at radius 1 is 1.19 bits per heavy atom. The average Bonchev–Trinajstić information content (AvgIpc) is 3.40. The van der Waals surface area contributed by atoms with E-state index in [0.29, 0.717) is 18.3 Å². The first-order chi connectivity index (χ1) is 13.3. The second kappa shape index (κ2) is 8.18. The number of hydrogen-bond donors (Lipinski definition) is 2. The first kappa shape index (κ1) is 17.5. The van der Waals surface area contributed by atoms with Gasteiger partial charge in [0.1, 0.15) is 5.69 Å². The van der Waals surface area contributed by atoms with Gasteiger partial charge in [0.05, 0.1) is 12.4 Å². The predicted molar refractivity (Wildman–Crippen MR) is 102 cm³/mol. The van der Waals surface area contributed by atoms with Gasteiger partial charge < -0.3 is 15.2 Å². The lowest BCUT2D eigenvalue weighted by atomic mass is 10.1. The number of benzene rings is 1. The lowest BCUT2D eigenvalue weighted by Crippen LogP contribution is -2.32. The third kappa shape index (κ3) is 4.43. The number of imidazole rings is 1. The van der Waals surface area contributed by atoms with E-state index in [0.717, 1.165) is 38.0 Å². The van der Waals surface area contributed by atoms with Gasteiger partial charge in [-0.05, 0) is 36.6 Å². The number of hydrogen-bond acceptors (Lipinski definition) is 4. The zero-order valence-electron chi connectivity index (χ0n) is 15.2. The number of carbonyl (C=O) groups is 1. The van der Waals surface area contributed by atoms with Gasteiger partial charge in [0.2, 0.25) is 0 Å². The van der Waals surface area contributed by atoms with Crippen molar-refractivity contribution in [3.8, 4) is 0 Å².